The number of fused-ring (bicyclic) bond motifs is 1. The van der Waals surface area contributed by atoms with E-state index < -0.39 is 0 Å². The van der Waals surface area contributed by atoms with E-state index in [0.717, 1.165) is 30.6 Å². The number of methoxy groups -OCH3 is 1. The first kappa shape index (κ1) is 14.3. The lowest BCUT2D eigenvalue weighted by Crippen LogP contribution is -2.36. The van der Waals surface area contributed by atoms with Crippen molar-refractivity contribution in [2.75, 3.05) is 25.6 Å². The molecule has 0 saturated carbocycles. The number of anilines is 1. The highest BCUT2D eigenvalue weighted by atomic mass is 16.5. The van der Waals surface area contributed by atoms with Crippen LogP contribution in [0.5, 0.6) is 0 Å². The fraction of sp³-hybridized carbons (Fsp3) is 0.583. The number of rotatable bonds is 6. The molecule has 0 aliphatic carbocycles. The van der Waals surface area contributed by atoms with E-state index in [4.69, 9.17) is 4.74 Å². The number of nitrogens with one attached hydrogen (secondary N) is 2. The molecule has 0 aliphatic heterocycles. The van der Waals surface area contributed by atoms with Crippen molar-refractivity contribution >= 4 is 17.1 Å². The molecule has 8 nitrogen and oxygen atoms in total. The largest absolute Gasteiger partial charge is 0.385 e. The van der Waals surface area contributed by atoms with Gasteiger partial charge in [-0.15, -0.1) is 0 Å². The average Bonchev–Trinajstić information content (AvgIpc) is 2.87. The van der Waals surface area contributed by atoms with E-state index >= 15 is 0 Å². The molecule has 20 heavy (non-hydrogen) atoms. The third kappa shape index (κ3) is 2.60. The highest BCUT2D eigenvalue weighted by molar-refractivity contribution is 5.72. The molecular weight excluding hydrogens is 262 g/mol. The first-order valence-corrected chi connectivity index (χ1v) is 6.44. The molecule has 110 valence electrons. The Kier molecular flexibility index (Phi) is 4.23. The van der Waals surface area contributed by atoms with Crippen LogP contribution in [0.15, 0.2) is 9.59 Å². The summed E-state index contributed by atoms with van der Waals surface area (Å²) in [6, 6.07) is 0. The monoisotopic (exact) mass is 281 g/mol. The lowest BCUT2D eigenvalue weighted by atomic mass is 10.3. The van der Waals surface area contributed by atoms with E-state index in [1.54, 1.807) is 14.2 Å². The second-order valence-corrected chi connectivity index (χ2v) is 4.62. The SMILES string of the molecule is COCCCCNc1nc2c([nH]1)c(=O)n(C)c(=O)n2C. The van der Waals surface area contributed by atoms with Gasteiger partial charge >= 0.3 is 5.69 Å². The summed E-state index contributed by atoms with van der Waals surface area (Å²) in [6.07, 6.45) is 1.88. The van der Waals surface area contributed by atoms with Gasteiger partial charge in [0.15, 0.2) is 11.2 Å². The van der Waals surface area contributed by atoms with E-state index in [1.807, 2.05) is 0 Å². The molecule has 2 aromatic rings. The molecule has 0 unspecified atom stereocenters. The van der Waals surface area contributed by atoms with Crippen LogP contribution in [-0.2, 0) is 18.8 Å². The second-order valence-electron chi connectivity index (χ2n) is 4.62. The van der Waals surface area contributed by atoms with Crippen LogP contribution < -0.4 is 16.6 Å². The maximum absolute atomic E-state index is 12.0. The van der Waals surface area contributed by atoms with Gasteiger partial charge in [0.05, 0.1) is 0 Å². The van der Waals surface area contributed by atoms with Gasteiger partial charge in [-0.25, -0.2) is 4.79 Å². The van der Waals surface area contributed by atoms with Crippen LogP contribution >= 0.6 is 0 Å². The molecule has 0 spiro atoms. The number of nitrogens with zero attached hydrogens (tertiary/aromatic N) is 3. The molecule has 0 bridgehead atoms. The molecule has 0 aromatic carbocycles. The lowest BCUT2D eigenvalue weighted by molar-refractivity contribution is 0.193. The minimum Gasteiger partial charge on any atom is -0.385 e. The zero-order valence-corrected chi connectivity index (χ0v) is 11.9. The van der Waals surface area contributed by atoms with E-state index in [0.29, 0.717) is 17.1 Å². The second kappa shape index (κ2) is 5.91. The number of aryl methyl sites for hydroxylation is 1. The zero-order chi connectivity index (χ0) is 14.7. The van der Waals surface area contributed by atoms with Gasteiger partial charge in [0.2, 0.25) is 5.95 Å². The Bertz CT molecular complexity index is 712. The smallest absolute Gasteiger partial charge is 0.332 e. The number of hydrogen-bond donors (Lipinski definition) is 2. The minimum absolute atomic E-state index is 0.328. The molecule has 0 fully saturated rings. The lowest BCUT2D eigenvalue weighted by Gasteiger charge is -2.01. The van der Waals surface area contributed by atoms with Gasteiger partial charge in [0.1, 0.15) is 0 Å². The summed E-state index contributed by atoms with van der Waals surface area (Å²) >= 11 is 0. The van der Waals surface area contributed by atoms with Gasteiger partial charge in [0.25, 0.3) is 5.56 Å². The molecule has 2 rings (SSSR count). The summed E-state index contributed by atoms with van der Waals surface area (Å²) in [5, 5.41) is 3.10. The van der Waals surface area contributed by atoms with Crippen molar-refractivity contribution in [3.8, 4) is 0 Å². The molecular formula is C12H19N5O3. The fourth-order valence-corrected chi connectivity index (χ4v) is 1.99. The normalized spacial score (nSPS) is 11.2. The predicted octanol–water partition coefficient (Wildman–Crippen LogP) is -0.201. The quantitative estimate of drug-likeness (QED) is 0.715. The van der Waals surface area contributed by atoms with Crippen molar-refractivity contribution in [3.63, 3.8) is 0 Å². The number of hydrogen-bond acceptors (Lipinski definition) is 5. The minimum atomic E-state index is -0.388. The summed E-state index contributed by atoms with van der Waals surface area (Å²) in [5.74, 6) is 0.496. The first-order valence-electron chi connectivity index (χ1n) is 6.44. The van der Waals surface area contributed by atoms with Gasteiger partial charge in [-0.1, -0.05) is 0 Å². The molecule has 2 heterocycles. The Hall–Kier alpha value is -2.09. The van der Waals surface area contributed by atoms with Gasteiger partial charge < -0.3 is 15.0 Å². The van der Waals surface area contributed by atoms with Gasteiger partial charge in [-0.2, -0.15) is 4.98 Å². The number of imidazole rings is 1. The van der Waals surface area contributed by atoms with Crippen LogP contribution in [0.4, 0.5) is 5.95 Å². The third-order valence-electron chi connectivity index (χ3n) is 3.16. The zero-order valence-electron chi connectivity index (χ0n) is 11.9. The number of H-pyrrole nitrogens is 1. The van der Waals surface area contributed by atoms with Gasteiger partial charge in [0, 0.05) is 34.4 Å². The van der Waals surface area contributed by atoms with Crippen molar-refractivity contribution in [2.45, 2.75) is 12.8 Å². The molecule has 8 heteroatoms. The highest BCUT2D eigenvalue weighted by Crippen LogP contribution is 2.08. The molecule has 0 aliphatic rings. The van der Waals surface area contributed by atoms with Crippen LogP contribution in [0, 0.1) is 0 Å². The third-order valence-corrected chi connectivity index (χ3v) is 3.16. The fourth-order valence-electron chi connectivity index (χ4n) is 1.99. The Morgan fingerprint density at radius 3 is 2.70 bits per heavy atom. The van der Waals surface area contributed by atoms with Crippen molar-refractivity contribution in [2.24, 2.45) is 14.1 Å². The van der Waals surface area contributed by atoms with Crippen LogP contribution in [0.25, 0.3) is 11.2 Å². The number of aromatic nitrogens is 4. The molecule has 0 atom stereocenters. The van der Waals surface area contributed by atoms with E-state index in [-0.39, 0.29) is 11.2 Å². The van der Waals surface area contributed by atoms with Crippen molar-refractivity contribution in [3.05, 3.63) is 20.8 Å². The molecule has 2 aromatic heterocycles. The maximum Gasteiger partial charge on any atom is 0.332 e. The van der Waals surface area contributed by atoms with Crippen molar-refractivity contribution < 1.29 is 4.74 Å². The molecule has 0 radical (unpaired) electrons. The summed E-state index contributed by atoms with van der Waals surface area (Å²) in [5.41, 5.74) is -0.0739. The topological polar surface area (TPSA) is 93.9 Å². The summed E-state index contributed by atoms with van der Waals surface area (Å²) in [6.45, 7) is 1.44. The summed E-state index contributed by atoms with van der Waals surface area (Å²) in [7, 11) is 4.71. The Morgan fingerprint density at radius 1 is 1.25 bits per heavy atom. The maximum atomic E-state index is 12.0. The van der Waals surface area contributed by atoms with E-state index in [2.05, 4.69) is 15.3 Å². The van der Waals surface area contributed by atoms with Crippen LogP contribution in [-0.4, -0.2) is 39.4 Å². The van der Waals surface area contributed by atoms with Crippen LogP contribution in [0.2, 0.25) is 0 Å². The van der Waals surface area contributed by atoms with Gasteiger partial charge in [-0.3, -0.25) is 13.9 Å². The molecule has 0 saturated heterocycles. The number of unbranched alkanes of at least 4 members (excludes halogenated alkanes) is 1. The molecule has 2 N–H and O–H groups in total. The molecule has 0 amide bonds. The predicted molar refractivity (Wildman–Crippen MR) is 76.2 cm³/mol. The Labute approximate surface area is 115 Å². The highest BCUT2D eigenvalue weighted by Gasteiger charge is 2.12. The standard InChI is InChI=1S/C12H19N5O3/c1-16-9-8(10(18)17(2)12(16)19)14-11(15-9)13-6-4-5-7-20-3/h4-7H2,1-3H3,(H2,13,14,15). The average molecular weight is 281 g/mol. The Balaban J connectivity index is 2.22. The first-order chi connectivity index (χ1) is 9.56. The number of ether oxygens (including phenoxy) is 1. The number of aromatic amines is 1. The van der Waals surface area contributed by atoms with Crippen LogP contribution in [0.3, 0.4) is 0 Å². The Morgan fingerprint density at radius 2 is 2.00 bits per heavy atom. The summed E-state index contributed by atoms with van der Waals surface area (Å²) < 4.78 is 7.38. The van der Waals surface area contributed by atoms with E-state index in [1.165, 1.54) is 11.6 Å². The van der Waals surface area contributed by atoms with Crippen molar-refractivity contribution in [1.29, 1.82) is 0 Å². The van der Waals surface area contributed by atoms with Gasteiger partial charge in [-0.05, 0) is 12.8 Å². The van der Waals surface area contributed by atoms with Crippen molar-refractivity contribution in [1.82, 2.24) is 19.1 Å². The van der Waals surface area contributed by atoms with E-state index in [9.17, 15) is 9.59 Å². The van der Waals surface area contributed by atoms with Crippen LogP contribution in [0.1, 0.15) is 12.8 Å². The summed E-state index contributed by atoms with van der Waals surface area (Å²) in [4.78, 5) is 30.9.